The van der Waals surface area contributed by atoms with Gasteiger partial charge in [-0.3, -0.25) is 14.9 Å². The summed E-state index contributed by atoms with van der Waals surface area (Å²) in [6.45, 7) is 0. The lowest BCUT2D eigenvalue weighted by molar-refractivity contribution is -0.115. The van der Waals surface area contributed by atoms with Gasteiger partial charge in [0.05, 0.1) is 15.0 Å². The van der Waals surface area contributed by atoms with Gasteiger partial charge >= 0.3 is 0 Å². The Balaban J connectivity index is 2.40. The minimum atomic E-state index is -0.411. The van der Waals surface area contributed by atoms with Crippen LogP contribution >= 0.6 is 35.0 Å². The summed E-state index contributed by atoms with van der Waals surface area (Å²) >= 11 is 12.6. The van der Waals surface area contributed by atoms with E-state index in [1.165, 1.54) is 0 Å². The molecule has 1 heterocycles. The molecular formula is C10H5Cl2NO2S. The lowest BCUT2D eigenvalue weighted by Gasteiger charge is -2.00. The molecule has 0 bridgehead atoms. The van der Waals surface area contributed by atoms with E-state index in [2.05, 4.69) is 5.32 Å². The Morgan fingerprint density at radius 3 is 2.62 bits per heavy atom. The van der Waals surface area contributed by atoms with Crippen LogP contribution in [0.5, 0.6) is 0 Å². The third-order valence-corrected chi connectivity index (χ3v) is 3.55. The van der Waals surface area contributed by atoms with Crippen molar-refractivity contribution in [2.24, 2.45) is 0 Å². The maximum atomic E-state index is 11.3. The Labute approximate surface area is 106 Å². The second-order valence-corrected chi connectivity index (χ2v) is 4.80. The standard InChI is InChI=1S/C10H5Cl2NO2S/c11-6-3-1-2-5(8(6)12)4-7-9(14)13-10(15)16-7/h1-4H,(H,13,14,15)/b7-4-. The first-order valence-corrected chi connectivity index (χ1v) is 5.84. The second-order valence-electron chi connectivity index (χ2n) is 3.00. The molecule has 6 heteroatoms. The average molecular weight is 274 g/mol. The monoisotopic (exact) mass is 273 g/mol. The van der Waals surface area contributed by atoms with Crippen molar-refractivity contribution in [2.45, 2.75) is 0 Å². The van der Waals surface area contributed by atoms with E-state index in [9.17, 15) is 9.59 Å². The molecule has 0 atom stereocenters. The van der Waals surface area contributed by atoms with Crippen molar-refractivity contribution < 1.29 is 9.59 Å². The van der Waals surface area contributed by atoms with Crippen LogP contribution in [0.4, 0.5) is 4.79 Å². The number of halogens is 2. The van der Waals surface area contributed by atoms with Crippen molar-refractivity contribution in [3.05, 3.63) is 38.7 Å². The van der Waals surface area contributed by atoms with Crippen LogP contribution in [0.1, 0.15) is 5.56 Å². The van der Waals surface area contributed by atoms with Gasteiger partial charge in [-0.25, -0.2) is 0 Å². The van der Waals surface area contributed by atoms with Crippen LogP contribution in [-0.2, 0) is 4.79 Å². The van der Waals surface area contributed by atoms with Gasteiger partial charge < -0.3 is 0 Å². The van der Waals surface area contributed by atoms with Crippen LogP contribution < -0.4 is 5.32 Å². The van der Waals surface area contributed by atoms with Crippen LogP contribution in [0.25, 0.3) is 6.08 Å². The van der Waals surface area contributed by atoms with Crippen LogP contribution in [0.3, 0.4) is 0 Å². The smallest absolute Gasteiger partial charge is 0.282 e. The number of hydrogen-bond donors (Lipinski definition) is 1. The second kappa shape index (κ2) is 4.49. The molecule has 16 heavy (non-hydrogen) atoms. The SMILES string of the molecule is O=C1NC(=O)/C(=C/c2cccc(Cl)c2Cl)S1. The van der Waals surface area contributed by atoms with Gasteiger partial charge in [-0.15, -0.1) is 0 Å². The number of hydrogen-bond acceptors (Lipinski definition) is 3. The highest BCUT2D eigenvalue weighted by atomic mass is 35.5. The van der Waals surface area contributed by atoms with E-state index >= 15 is 0 Å². The molecule has 82 valence electrons. The fourth-order valence-electron chi connectivity index (χ4n) is 1.19. The van der Waals surface area contributed by atoms with E-state index in [1.807, 2.05) is 0 Å². The molecule has 1 aliphatic heterocycles. The number of rotatable bonds is 1. The Morgan fingerprint density at radius 1 is 1.25 bits per heavy atom. The van der Waals surface area contributed by atoms with E-state index in [4.69, 9.17) is 23.2 Å². The van der Waals surface area contributed by atoms with Crippen molar-refractivity contribution in [2.75, 3.05) is 0 Å². The zero-order valence-electron chi connectivity index (χ0n) is 7.79. The maximum Gasteiger partial charge on any atom is 0.290 e. The van der Waals surface area contributed by atoms with E-state index in [-0.39, 0.29) is 5.24 Å². The molecule has 1 aromatic carbocycles. The largest absolute Gasteiger partial charge is 0.290 e. The molecule has 0 unspecified atom stereocenters. The maximum absolute atomic E-state index is 11.3. The quantitative estimate of drug-likeness (QED) is 0.799. The fourth-order valence-corrected chi connectivity index (χ4v) is 2.23. The Morgan fingerprint density at radius 2 is 2.00 bits per heavy atom. The van der Waals surface area contributed by atoms with Crippen molar-refractivity contribution in [3.8, 4) is 0 Å². The minimum absolute atomic E-state index is 0.314. The Kier molecular flexibility index (Phi) is 3.23. The van der Waals surface area contributed by atoms with Gasteiger partial charge in [-0.05, 0) is 29.5 Å². The summed E-state index contributed by atoms with van der Waals surface area (Å²) in [6, 6.07) is 5.09. The highest BCUT2D eigenvalue weighted by Crippen LogP contribution is 2.31. The first kappa shape index (κ1) is 11.5. The van der Waals surface area contributed by atoms with Crippen molar-refractivity contribution in [1.29, 1.82) is 0 Å². The van der Waals surface area contributed by atoms with Crippen molar-refractivity contribution >= 4 is 52.2 Å². The van der Waals surface area contributed by atoms with E-state index in [1.54, 1.807) is 24.3 Å². The summed E-state index contributed by atoms with van der Waals surface area (Å²) in [7, 11) is 0. The molecule has 0 saturated carbocycles. The first-order chi connectivity index (χ1) is 7.58. The molecule has 2 rings (SSSR count). The zero-order chi connectivity index (χ0) is 11.7. The van der Waals surface area contributed by atoms with Crippen LogP contribution in [0.2, 0.25) is 10.0 Å². The normalized spacial score (nSPS) is 18.0. The van der Waals surface area contributed by atoms with Crippen molar-refractivity contribution in [1.82, 2.24) is 5.32 Å². The average Bonchev–Trinajstić information content (AvgIpc) is 2.53. The molecule has 3 nitrogen and oxygen atoms in total. The molecule has 1 aliphatic rings. The molecule has 0 aliphatic carbocycles. The third kappa shape index (κ3) is 2.24. The molecule has 0 spiro atoms. The molecule has 0 radical (unpaired) electrons. The number of imide groups is 1. The number of amides is 2. The zero-order valence-corrected chi connectivity index (χ0v) is 10.1. The third-order valence-electron chi connectivity index (χ3n) is 1.91. The summed E-state index contributed by atoms with van der Waals surface area (Å²) in [6.07, 6.45) is 1.54. The van der Waals surface area contributed by atoms with E-state index < -0.39 is 5.91 Å². The lowest BCUT2D eigenvalue weighted by atomic mass is 10.2. The molecule has 0 aromatic heterocycles. The van der Waals surface area contributed by atoms with Crippen LogP contribution in [-0.4, -0.2) is 11.1 Å². The number of thioether (sulfide) groups is 1. The number of carbonyl (C=O) groups is 2. The molecular weight excluding hydrogens is 269 g/mol. The number of nitrogens with one attached hydrogen (secondary N) is 1. The molecule has 2 amide bonds. The topological polar surface area (TPSA) is 46.2 Å². The summed E-state index contributed by atoms with van der Waals surface area (Å²) < 4.78 is 0. The summed E-state index contributed by atoms with van der Waals surface area (Å²) in [4.78, 5) is 22.5. The summed E-state index contributed by atoms with van der Waals surface area (Å²) in [5.41, 5.74) is 0.613. The summed E-state index contributed by atoms with van der Waals surface area (Å²) in [5.74, 6) is -0.411. The molecule has 1 saturated heterocycles. The number of carbonyl (C=O) groups excluding carboxylic acids is 2. The predicted octanol–water partition coefficient (Wildman–Crippen LogP) is 3.32. The Hall–Kier alpha value is -0.970. The highest BCUT2D eigenvalue weighted by Gasteiger charge is 2.25. The highest BCUT2D eigenvalue weighted by molar-refractivity contribution is 8.18. The summed E-state index contributed by atoms with van der Waals surface area (Å²) in [5, 5.41) is 2.56. The van der Waals surface area contributed by atoms with E-state index in [0.29, 0.717) is 20.5 Å². The molecule has 1 N–H and O–H groups in total. The number of benzene rings is 1. The van der Waals surface area contributed by atoms with Gasteiger partial charge in [0.15, 0.2) is 0 Å². The van der Waals surface area contributed by atoms with Gasteiger partial charge in [0.2, 0.25) is 0 Å². The van der Waals surface area contributed by atoms with Gasteiger partial charge in [0.25, 0.3) is 11.1 Å². The molecule has 1 fully saturated rings. The van der Waals surface area contributed by atoms with E-state index in [0.717, 1.165) is 11.8 Å². The van der Waals surface area contributed by atoms with Gasteiger partial charge in [-0.1, -0.05) is 35.3 Å². The van der Waals surface area contributed by atoms with Gasteiger partial charge in [0, 0.05) is 0 Å². The minimum Gasteiger partial charge on any atom is -0.282 e. The van der Waals surface area contributed by atoms with Crippen LogP contribution in [0.15, 0.2) is 23.1 Å². The predicted molar refractivity (Wildman–Crippen MR) is 65.6 cm³/mol. The van der Waals surface area contributed by atoms with Crippen molar-refractivity contribution in [3.63, 3.8) is 0 Å². The Bertz CT molecular complexity index is 514. The fraction of sp³-hybridized carbons (Fsp3) is 0. The lowest BCUT2D eigenvalue weighted by Crippen LogP contribution is -2.17. The van der Waals surface area contributed by atoms with Crippen LogP contribution in [0, 0.1) is 0 Å². The van der Waals surface area contributed by atoms with Gasteiger partial charge in [0.1, 0.15) is 0 Å². The molecule has 1 aromatic rings. The van der Waals surface area contributed by atoms with Gasteiger partial charge in [-0.2, -0.15) is 0 Å². The first-order valence-electron chi connectivity index (χ1n) is 4.27.